The lowest BCUT2D eigenvalue weighted by molar-refractivity contribution is 0.468. The van der Waals surface area contributed by atoms with E-state index in [-0.39, 0.29) is 5.75 Å². The van der Waals surface area contributed by atoms with Crippen LogP contribution in [0.2, 0.25) is 0 Å². The molecule has 138 valence electrons. The average molecular weight is 495 g/mol. The molecule has 0 radical (unpaired) electrons. The summed E-state index contributed by atoms with van der Waals surface area (Å²) in [5, 5.41) is 10.2. The summed E-state index contributed by atoms with van der Waals surface area (Å²) in [6, 6.07) is 25.4. The van der Waals surface area contributed by atoms with Crippen LogP contribution in [-0.4, -0.2) is 9.67 Å². The van der Waals surface area contributed by atoms with Gasteiger partial charge in [0.05, 0.1) is 14.6 Å². The van der Waals surface area contributed by atoms with E-state index in [0.717, 1.165) is 24.2 Å². The van der Waals surface area contributed by atoms with Crippen LogP contribution >= 0.6 is 31.9 Å². The molecule has 3 aromatic carbocycles. The molecule has 0 spiro atoms. The van der Waals surface area contributed by atoms with Crippen molar-refractivity contribution >= 4 is 31.9 Å². The van der Waals surface area contributed by atoms with Crippen molar-refractivity contribution in [2.75, 3.05) is 0 Å². The molecule has 1 aliphatic rings. The van der Waals surface area contributed by atoms with Crippen molar-refractivity contribution in [2.45, 2.75) is 12.8 Å². The minimum atomic E-state index is 0.219. The molecule has 1 aliphatic carbocycles. The number of hydrogen-bond acceptors (Lipinski definition) is 1. The van der Waals surface area contributed by atoms with Gasteiger partial charge >= 0.3 is 0 Å². The van der Waals surface area contributed by atoms with Gasteiger partial charge in [0.15, 0.2) is 0 Å². The van der Waals surface area contributed by atoms with Crippen LogP contribution in [0.1, 0.15) is 11.3 Å². The Bertz CT molecular complexity index is 1170. The normalized spacial score (nSPS) is 12.5. The number of rotatable bonds is 2. The number of aromatic hydroxyl groups is 1. The Morgan fingerprint density at radius 2 is 1.43 bits per heavy atom. The highest BCUT2D eigenvalue weighted by Gasteiger charge is 2.24. The van der Waals surface area contributed by atoms with Gasteiger partial charge in [0.2, 0.25) is 0 Å². The Kier molecular flexibility index (Phi) is 4.41. The number of phenolic OH excluding ortho intramolecular Hbond substituents is 1. The Morgan fingerprint density at radius 3 is 2.18 bits per heavy atom. The third-order valence-corrected chi connectivity index (χ3v) is 6.58. The maximum atomic E-state index is 10.2. The standard InChI is InChI=1S/C24H17Br2NO/c25-20-12-17(13-21(26)24(20)28)27-22-11-10-15-6-4-5-9-18(15)19(22)14-23(27)16-7-2-1-3-8-16/h1-9,12-14,28H,10-11H2. The largest absolute Gasteiger partial charge is 0.506 e. The molecule has 1 heterocycles. The first-order valence-corrected chi connectivity index (χ1v) is 10.8. The van der Waals surface area contributed by atoms with Crippen LogP contribution in [0.3, 0.4) is 0 Å². The number of benzene rings is 3. The Balaban J connectivity index is 1.83. The van der Waals surface area contributed by atoms with Crippen LogP contribution in [0.15, 0.2) is 81.7 Å². The summed E-state index contributed by atoms with van der Waals surface area (Å²) < 4.78 is 3.68. The van der Waals surface area contributed by atoms with Gasteiger partial charge in [0.1, 0.15) is 5.75 Å². The van der Waals surface area contributed by atoms with Gasteiger partial charge in [-0.2, -0.15) is 0 Å². The first-order valence-electron chi connectivity index (χ1n) is 9.20. The summed E-state index contributed by atoms with van der Waals surface area (Å²) in [5.74, 6) is 0.219. The van der Waals surface area contributed by atoms with Crippen LogP contribution < -0.4 is 0 Å². The van der Waals surface area contributed by atoms with E-state index in [0.29, 0.717) is 8.95 Å². The second-order valence-electron chi connectivity index (χ2n) is 7.01. The fraction of sp³-hybridized carbons (Fsp3) is 0.0833. The first-order chi connectivity index (χ1) is 13.6. The van der Waals surface area contributed by atoms with E-state index in [1.54, 1.807) is 0 Å². The number of aryl methyl sites for hydroxylation is 1. The van der Waals surface area contributed by atoms with Gasteiger partial charge < -0.3 is 9.67 Å². The molecule has 4 heteroatoms. The zero-order chi connectivity index (χ0) is 19.3. The predicted octanol–water partition coefficient (Wildman–Crippen LogP) is 7.14. The maximum absolute atomic E-state index is 10.2. The fourth-order valence-corrected chi connectivity index (χ4v) is 5.24. The van der Waals surface area contributed by atoms with Gasteiger partial charge in [-0.15, -0.1) is 0 Å². The van der Waals surface area contributed by atoms with Crippen molar-refractivity contribution in [3.63, 3.8) is 0 Å². The molecule has 5 rings (SSSR count). The van der Waals surface area contributed by atoms with Crippen LogP contribution in [0.5, 0.6) is 5.75 Å². The summed E-state index contributed by atoms with van der Waals surface area (Å²) in [6.07, 6.45) is 2.01. The van der Waals surface area contributed by atoms with Gasteiger partial charge in [-0.05, 0) is 79.6 Å². The van der Waals surface area contributed by atoms with E-state index in [1.165, 1.54) is 27.9 Å². The van der Waals surface area contributed by atoms with Crippen LogP contribution in [0.4, 0.5) is 0 Å². The van der Waals surface area contributed by atoms with Crippen molar-refractivity contribution in [1.82, 2.24) is 4.57 Å². The lowest BCUT2D eigenvalue weighted by Gasteiger charge is -2.20. The molecule has 28 heavy (non-hydrogen) atoms. The fourth-order valence-electron chi connectivity index (χ4n) is 4.08. The molecule has 0 saturated carbocycles. The van der Waals surface area contributed by atoms with Gasteiger partial charge in [0, 0.05) is 16.9 Å². The second-order valence-corrected chi connectivity index (χ2v) is 8.72. The van der Waals surface area contributed by atoms with E-state index in [4.69, 9.17) is 0 Å². The molecule has 2 nitrogen and oxygen atoms in total. The molecular formula is C24H17Br2NO. The molecule has 0 amide bonds. The lowest BCUT2D eigenvalue weighted by atomic mass is 9.90. The molecule has 1 aromatic heterocycles. The summed E-state index contributed by atoms with van der Waals surface area (Å²) >= 11 is 6.98. The summed E-state index contributed by atoms with van der Waals surface area (Å²) in [6.45, 7) is 0. The first kappa shape index (κ1) is 17.8. The number of nitrogens with zero attached hydrogens (tertiary/aromatic N) is 1. The highest BCUT2D eigenvalue weighted by atomic mass is 79.9. The van der Waals surface area contributed by atoms with Crippen molar-refractivity contribution in [2.24, 2.45) is 0 Å². The zero-order valence-corrected chi connectivity index (χ0v) is 18.2. The maximum Gasteiger partial charge on any atom is 0.144 e. The number of phenols is 1. The van der Waals surface area contributed by atoms with Gasteiger partial charge in [-0.1, -0.05) is 54.6 Å². The third kappa shape index (κ3) is 2.83. The van der Waals surface area contributed by atoms with Crippen molar-refractivity contribution in [3.8, 4) is 33.8 Å². The molecular weight excluding hydrogens is 478 g/mol. The molecule has 0 unspecified atom stereocenters. The van der Waals surface area contributed by atoms with E-state index in [9.17, 15) is 5.11 Å². The van der Waals surface area contributed by atoms with Gasteiger partial charge in [-0.25, -0.2) is 0 Å². The van der Waals surface area contributed by atoms with Crippen molar-refractivity contribution in [1.29, 1.82) is 0 Å². The van der Waals surface area contributed by atoms with Gasteiger partial charge in [-0.3, -0.25) is 0 Å². The highest BCUT2D eigenvalue weighted by Crippen LogP contribution is 2.42. The smallest absolute Gasteiger partial charge is 0.144 e. The Morgan fingerprint density at radius 1 is 0.750 bits per heavy atom. The van der Waals surface area contributed by atoms with Gasteiger partial charge in [0.25, 0.3) is 0 Å². The lowest BCUT2D eigenvalue weighted by Crippen LogP contribution is -2.09. The minimum absolute atomic E-state index is 0.219. The third-order valence-electron chi connectivity index (χ3n) is 5.37. The van der Waals surface area contributed by atoms with Crippen LogP contribution in [0, 0.1) is 0 Å². The molecule has 0 fully saturated rings. The molecule has 0 atom stereocenters. The highest BCUT2D eigenvalue weighted by molar-refractivity contribution is 9.11. The monoisotopic (exact) mass is 493 g/mol. The average Bonchev–Trinajstić information content (AvgIpc) is 3.12. The van der Waals surface area contributed by atoms with Crippen LogP contribution in [-0.2, 0) is 12.8 Å². The number of hydrogen-bond donors (Lipinski definition) is 1. The SMILES string of the molecule is Oc1c(Br)cc(-n2c(-c3ccccc3)cc3c2CCc2ccccc2-3)cc1Br. The van der Waals surface area contributed by atoms with Crippen LogP contribution in [0.25, 0.3) is 28.1 Å². The second kappa shape index (κ2) is 6.94. The summed E-state index contributed by atoms with van der Waals surface area (Å²) in [4.78, 5) is 0. The van der Waals surface area contributed by atoms with Crippen molar-refractivity contribution in [3.05, 3.63) is 93.0 Å². The van der Waals surface area contributed by atoms with E-state index in [1.807, 2.05) is 18.2 Å². The molecule has 4 aromatic rings. The summed E-state index contributed by atoms with van der Waals surface area (Å²) in [7, 11) is 0. The van der Waals surface area contributed by atoms with E-state index >= 15 is 0 Å². The number of fused-ring (bicyclic) bond motifs is 3. The van der Waals surface area contributed by atoms with E-state index in [2.05, 4.69) is 91.0 Å². The molecule has 1 N–H and O–H groups in total. The van der Waals surface area contributed by atoms with E-state index < -0.39 is 0 Å². The topological polar surface area (TPSA) is 25.2 Å². The summed E-state index contributed by atoms with van der Waals surface area (Å²) in [5.41, 5.74) is 8.68. The predicted molar refractivity (Wildman–Crippen MR) is 121 cm³/mol. The minimum Gasteiger partial charge on any atom is -0.506 e. The quantitative estimate of drug-likeness (QED) is 0.314. The zero-order valence-electron chi connectivity index (χ0n) is 15.0. The molecule has 0 aliphatic heterocycles. The van der Waals surface area contributed by atoms with Crippen molar-refractivity contribution < 1.29 is 5.11 Å². The Labute approximate surface area is 180 Å². The molecule has 0 saturated heterocycles. The number of aromatic nitrogens is 1. The molecule has 0 bridgehead atoms. The Hall–Kier alpha value is -2.30. The number of halogens is 2.